The summed E-state index contributed by atoms with van der Waals surface area (Å²) < 4.78 is 0. The molecule has 3 aromatic rings. The lowest BCUT2D eigenvalue weighted by molar-refractivity contribution is -0.385. The van der Waals surface area contributed by atoms with Crippen LogP contribution in [0.25, 0.3) is 0 Å². The Balaban J connectivity index is 1.40. The van der Waals surface area contributed by atoms with Crippen LogP contribution in [0.15, 0.2) is 91.0 Å². The number of imide groups is 2. The van der Waals surface area contributed by atoms with Crippen LogP contribution in [0.3, 0.4) is 0 Å². The minimum Gasteiger partial charge on any atom is -0.274 e. The summed E-state index contributed by atoms with van der Waals surface area (Å²) in [6.07, 6.45) is 3.47. The van der Waals surface area contributed by atoms with Gasteiger partial charge in [0.2, 0.25) is 23.6 Å². The average Bonchev–Trinajstić information content (AvgIpc) is 3.44. The molecule has 3 fully saturated rings. The van der Waals surface area contributed by atoms with E-state index in [9.17, 15) is 39.4 Å². The molecule has 12 nitrogen and oxygen atoms in total. The summed E-state index contributed by atoms with van der Waals surface area (Å²) in [7, 11) is 0. The predicted molar refractivity (Wildman–Crippen MR) is 146 cm³/mol. The Hall–Kier alpha value is -5.52. The van der Waals surface area contributed by atoms with E-state index in [0.717, 1.165) is 21.9 Å². The number of rotatable bonds is 5. The lowest BCUT2D eigenvalue weighted by Crippen LogP contribution is -2.60. The highest BCUT2D eigenvalue weighted by Crippen LogP contribution is 2.65. The van der Waals surface area contributed by atoms with Gasteiger partial charge in [-0.05, 0) is 17.7 Å². The third kappa shape index (κ3) is 3.17. The van der Waals surface area contributed by atoms with Gasteiger partial charge in [-0.3, -0.25) is 39.4 Å². The van der Waals surface area contributed by atoms with Crippen molar-refractivity contribution < 1.29 is 29.0 Å². The van der Waals surface area contributed by atoms with Crippen LogP contribution in [-0.2, 0) is 24.6 Å². The van der Waals surface area contributed by atoms with E-state index in [1.165, 1.54) is 36.4 Å². The Morgan fingerprint density at radius 3 is 1.55 bits per heavy atom. The maximum Gasteiger partial charge on any atom is 0.271 e. The number of carbonyl (C=O) groups excluding carboxylic acids is 4. The fraction of sp³-hybridized carbons (Fsp3) is 0.200. The smallest absolute Gasteiger partial charge is 0.271 e. The van der Waals surface area contributed by atoms with Gasteiger partial charge in [0.15, 0.2) is 0 Å². The third-order valence-electron chi connectivity index (χ3n) is 9.03. The number of non-ortho nitro benzene ring substituents is 2. The number of allylic oxidation sites excluding steroid dienone is 2. The van der Waals surface area contributed by atoms with Crippen molar-refractivity contribution in [2.75, 3.05) is 9.80 Å². The van der Waals surface area contributed by atoms with Crippen molar-refractivity contribution >= 4 is 46.4 Å². The van der Waals surface area contributed by atoms with Gasteiger partial charge in [-0.15, -0.1) is 0 Å². The maximum atomic E-state index is 14.3. The van der Waals surface area contributed by atoms with E-state index in [2.05, 4.69) is 0 Å². The molecule has 1 saturated carbocycles. The quantitative estimate of drug-likeness (QED) is 0.197. The molecule has 0 spiro atoms. The highest BCUT2D eigenvalue weighted by atomic mass is 16.6. The van der Waals surface area contributed by atoms with Gasteiger partial charge in [-0.2, -0.15) is 0 Å². The molecule has 6 atom stereocenters. The van der Waals surface area contributed by atoms with Crippen LogP contribution in [0.4, 0.5) is 22.7 Å². The van der Waals surface area contributed by atoms with Crippen LogP contribution in [0.1, 0.15) is 5.56 Å². The second kappa shape index (κ2) is 8.74. The molecule has 208 valence electrons. The number of nitrogens with zero attached hydrogens (tertiary/aromatic N) is 4. The molecule has 3 aliphatic carbocycles. The van der Waals surface area contributed by atoms with Crippen LogP contribution in [-0.4, -0.2) is 33.5 Å². The summed E-state index contributed by atoms with van der Waals surface area (Å²) in [4.78, 5) is 80.1. The molecule has 2 aliphatic heterocycles. The average molecular weight is 565 g/mol. The van der Waals surface area contributed by atoms with Gasteiger partial charge in [-0.25, -0.2) is 9.80 Å². The highest BCUT2D eigenvalue weighted by molar-refractivity contribution is 6.27. The van der Waals surface area contributed by atoms with Crippen molar-refractivity contribution in [3.8, 4) is 0 Å². The molecule has 42 heavy (non-hydrogen) atoms. The van der Waals surface area contributed by atoms with E-state index < -0.39 is 68.5 Å². The zero-order chi connectivity index (χ0) is 29.5. The lowest BCUT2D eigenvalue weighted by atomic mass is 9.45. The van der Waals surface area contributed by atoms with Crippen molar-refractivity contribution in [2.24, 2.45) is 29.6 Å². The third-order valence-corrected chi connectivity index (χ3v) is 9.03. The molecular weight excluding hydrogens is 544 g/mol. The fourth-order valence-electron chi connectivity index (χ4n) is 7.48. The topological polar surface area (TPSA) is 161 Å². The molecule has 2 saturated heterocycles. The Morgan fingerprint density at radius 2 is 1.10 bits per heavy atom. The first-order chi connectivity index (χ1) is 20.2. The molecule has 8 rings (SSSR count). The SMILES string of the molecule is O=C1[C@@H]2[C@@H](C(=O)N1c1cccc([N+](=O)[O-])c1)C1C=CC2(c2ccccc2)[C@H]2C(=O)N(c3cccc([N+](=O)[O-])c3)C(=O)[C@@H]12. The van der Waals surface area contributed by atoms with E-state index >= 15 is 0 Å². The minimum atomic E-state index is -1.39. The molecule has 0 N–H and O–H groups in total. The fourth-order valence-corrected chi connectivity index (χ4v) is 7.48. The Bertz CT molecular complexity index is 1680. The van der Waals surface area contributed by atoms with Gasteiger partial charge in [-0.1, -0.05) is 54.6 Å². The van der Waals surface area contributed by atoms with Crippen LogP contribution in [0, 0.1) is 49.8 Å². The number of hydrogen-bond acceptors (Lipinski definition) is 8. The van der Waals surface area contributed by atoms with Crippen LogP contribution < -0.4 is 9.80 Å². The monoisotopic (exact) mass is 564 g/mol. The summed E-state index contributed by atoms with van der Waals surface area (Å²) in [5.74, 6) is -7.40. The molecule has 2 bridgehead atoms. The molecule has 4 amide bonds. The van der Waals surface area contributed by atoms with Crippen molar-refractivity contribution in [1.82, 2.24) is 0 Å². The maximum absolute atomic E-state index is 14.3. The number of hydrogen-bond donors (Lipinski definition) is 0. The normalized spacial score (nSPS) is 29.2. The minimum absolute atomic E-state index is 0.0391. The van der Waals surface area contributed by atoms with Gasteiger partial charge in [0.05, 0.1) is 44.9 Å². The number of nitro groups is 2. The predicted octanol–water partition coefficient (Wildman–Crippen LogP) is 3.55. The zero-order valence-corrected chi connectivity index (χ0v) is 21.6. The summed E-state index contributed by atoms with van der Waals surface area (Å²) >= 11 is 0. The summed E-state index contributed by atoms with van der Waals surface area (Å²) in [6.45, 7) is 0. The lowest BCUT2D eigenvalue weighted by Gasteiger charge is -2.53. The summed E-state index contributed by atoms with van der Waals surface area (Å²) in [5, 5.41) is 22.9. The van der Waals surface area contributed by atoms with Crippen molar-refractivity contribution in [2.45, 2.75) is 5.41 Å². The first-order valence-corrected chi connectivity index (χ1v) is 13.2. The number of anilines is 2. The second-order valence-electron chi connectivity index (χ2n) is 10.8. The largest absolute Gasteiger partial charge is 0.274 e. The Labute approximate surface area is 237 Å². The molecule has 2 heterocycles. The number of benzene rings is 3. The van der Waals surface area contributed by atoms with Crippen LogP contribution >= 0.6 is 0 Å². The molecule has 3 aromatic carbocycles. The zero-order valence-electron chi connectivity index (χ0n) is 21.6. The number of amides is 4. The Kier molecular flexibility index (Phi) is 5.29. The van der Waals surface area contributed by atoms with Crippen LogP contribution in [0.5, 0.6) is 0 Å². The molecule has 2 unspecified atom stereocenters. The van der Waals surface area contributed by atoms with Gasteiger partial charge in [0.1, 0.15) is 0 Å². The van der Waals surface area contributed by atoms with Gasteiger partial charge < -0.3 is 0 Å². The summed E-state index contributed by atoms with van der Waals surface area (Å²) in [6, 6.07) is 19.2. The van der Waals surface area contributed by atoms with E-state index in [-0.39, 0.29) is 22.7 Å². The molecule has 0 aromatic heterocycles. The standard InChI is InChI=1S/C30H20N4O8/c35-26-22-21-12-13-30(16-6-2-1-3-7-16,24(22)28(37)31(26)17-8-4-10-19(14-17)33(39)40)25-23(21)27(36)32(29(25)38)18-9-5-11-20(15-18)34(41)42/h1-15,21-25H/t21?,22-,23-,24-,25+,30?/m0/s1. The van der Waals surface area contributed by atoms with Crippen molar-refractivity contribution in [3.05, 3.63) is 117 Å². The molecule has 5 aliphatic rings. The van der Waals surface area contributed by atoms with Gasteiger partial charge in [0.25, 0.3) is 11.4 Å². The summed E-state index contributed by atoms with van der Waals surface area (Å²) in [5.41, 5.74) is -1.34. The van der Waals surface area contributed by atoms with Gasteiger partial charge >= 0.3 is 0 Å². The van der Waals surface area contributed by atoms with E-state index in [1.54, 1.807) is 42.5 Å². The molecule has 0 radical (unpaired) electrons. The number of nitro benzene ring substituents is 2. The molecular formula is C30H20N4O8. The first kappa shape index (κ1) is 25.4. The van der Waals surface area contributed by atoms with E-state index in [1.807, 2.05) is 0 Å². The highest BCUT2D eigenvalue weighted by Gasteiger charge is 2.75. The molecule has 12 heteroatoms. The van der Waals surface area contributed by atoms with E-state index in [0.29, 0.717) is 5.56 Å². The van der Waals surface area contributed by atoms with Crippen molar-refractivity contribution in [3.63, 3.8) is 0 Å². The van der Waals surface area contributed by atoms with E-state index in [4.69, 9.17) is 0 Å². The second-order valence-corrected chi connectivity index (χ2v) is 10.8. The van der Waals surface area contributed by atoms with Gasteiger partial charge in [0, 0.05) is 35.6 Å². The Morgan fingerprint density at radius 1 is 0.619 bits per heavy atom. The van der Waals surface area contributed by atoms with Crippen LogP contribution in [0.2, 0.25) is 0 Å². The first-order valence-electron chi connectivity index (χ1n) is 13.2. The van der Waals surface area contributed by atoms with Crippen molar-refractivity contribution in [1.29, 1.82) is 0 Å². The number of carbonyl (C=O) groups is 4.